The number of aromatic nitrogens is 3. The van der Waals surface area contributed by atoms with E-state index in [1.54, 1.807) is 6.92 Å². The van der Waals surface area contributed by atoms with Crippen molar-refractivity contribution in [3.05, 3.63) is 28.8 Å². The highest BCUT2D eigenvalue weighted by Crippen LogP contribution is 2.46. The molecule has 1 aliphatic carbocycles. The van der Waals surface area contributed by atoms with Crippen molar-refractivity contribution in [2.45, 2.75) is 59.2 Å². The van der Waals surface area contributed by atoms with Gasteiger partial charge >= 0.3 is 12.2 Å². The zero-order valence-electron chi connectivity index (χ0n) is 23.7. The van der Waals surface area contributed by atoms with E-state index in [1.807, 2.05) is 13.8 Å². The van der Waals surface area contributed by atoms with Crippen molar-refractivity contribution in [1.82, 2.24) is 20.3 Å². The van der Waals surface area contributed by atoms with Crippen LogP contribution in [0.2, 0.25) is 0 Å². The van der Waals surface area contributed by atoms with E-state index < -0.39 is 62.9 Å². The van der Waals surface area contributed by atoms with Crippen molar-refractivity contribution < 1.29 is 31.4 Å². The predicted octanol–water partition coefficient (Wildman–Crippen LogP) is 5.76. The fraction of sp³-hybridized carbons (Fsp3) is 0.500. The molecular weight excluding hydrogens is 561 g/mol. The number of nitrogens with two attached hydrogens (primary N) is 1. The zero-order chi connectivity index (χ0) is 30.8. The average molecular weight is 594 g/mol. The van der Waals surface area contributed by atoms with Crippen LogP contribution in [0, 0.1) is 35.3 Å². The van der Waals surface area contributed by atoms with Gasteiger partial charge in [-0.25, -0.2) is 13.8 Å². The van der Waals surface area contributed by atoms with Crippen LogP contribution in [0.15, 0.2) is 6.07 Å². The van der Waals surface area contributed by atoms with E-state index in [2.05, 4.69) is 31.7 Å². The second kappa shape index (κ2) is 12.1. The summed E-state index contributed by atoms with van der Waals surface area (Å²) in [4.78, 5) is 12.7. The van der Waals surface area contributed by atoms with Crippen LogP contribution in [0.3, 0.4) is 0 Å². The van der Waals surface area contributed by atoms with Gasteiger partial charge in [0.1, 0.15) is 34.8 Å². The highest BCUT2D eigenvalue weighted by molar-refractivity contribution is 5.96. The molecule has 5 rings (SSSR count). The van der Waals surface area contributed by atoms with Gasteiger partial charge in [-0.05, 0) is 51.3 Å². The highest BCUT2D eigenvalue weighted by atomic mass is 19.4. The third kappa shape index (κ3) is 6.11. The number of nitriles is 1. The topological polar surface area (TPSA) is 131 Å². The lowest BCUT2D eigenvalue weighted by Crippen LogP contribution is -2.26. The second-order valence-corrected chi connectivity index (χ2v) is 10.1. The Balaban J connectivity index is 0.00000198. The van der Waals surface area contributed by atoms with Crippen LogP contribution in [0.25, 0.3) is 22.2 Å². The molecule has 0 radical (unpaired) electrons. The Morgan fingerprint density at radius 3 is 2.50 bits per heavy atom. The lowest BCUT2D eigenvalue weighted by atomic mass is 9.96. The Hall–Kier alpha value is -3.99. The Kier molecular flexibility index (Phi) is 8.91. The summed E-state index contributed by atoms with van der Waals surface area (Å²) in [6.45, 7) is 8.06. The van der Waals surface area contributed by atoms with Gasteiger partial charge in [0.25, 0.3) is 0 Å². The minimum absolute atomic E-state index is 0.00383. The number of ether oxygens (including phenoxy) is 2. The highest BCUT2D eigenvalue weighted by Gasteiger charge is 2.44. The number of pyridine rings is 1. The molecule has 0 bridgehead atoms. The van der Waals surface area contributed by atoms with Crippen molar-refractivity contribution >= 4 is 22.4 Å². The molecule has 1 atom stereocenters. The molecule has 4 N–H and O–H groups in total. The van der Waals surface area contributed by atoms with Gasteiger partial charge < -0.3 is 25.8 Å². The molecule has 3 aromatic rings. The third-order valence-corrected chi connectivity index (χ3v) is 7.00. The lowest BCUT2D eigenvalue weighted by molar-refractivity contribution is -0.137. The molecule has 3 heterocycles. The number of nitrogens with zero attached hydrogens (tertiary/aromatic N) is 4. The molecule has 1 aromatic carbocycles. The fourth-order valence-electron chi connectivity index (χ4n) is 4.54. The molecule has 2 aliphatic rings. The lowest BCUT2D eigenvalue weighted by Gasteiger charge is -2.21. The molecule has 0 spiro atoms. The summed E-state index contributed by atoms with van der Waals surface area (Å²) in [5.74, 6) is -2.60. The summed E-state index contributed by atoms with van der Waals surface area (Å²) in [5, 5.41) is 15.7. The SMILES string of the molecule is CC.Cc1c(F)c(N)cc(-c2nc3c4c(nc(OCC5(C#N)CC5)nc4c2F)NCCNCCC(C)O3)c1C(F)(F)F. The molecular formula is C28H32F5N7O2. The van der Waals surface area contributed by atoms with Gasteiger partial charge in [0, 0.05) is 18.7 Å². The molecule has 1 unspecified atom stereocenters. The van der Waals surface area contributed by atoms with Crippen molar-refractivity contribution in [2.24, 2.45) is 5.41 Å². The maximum atomic E-state index is 16.3. The van der Waals surface area contributed by atoms with E-state index in [4.69, 9.17) is 15.2 Å². The van der Waals surface area contributed by atoms with Gasteiger partial charge in [0.05, 0.1) is 28.8 Å². The summed E-state index contributed by atoms with van der Waals surface area (Å²) in [5.41, 5.74) is 0.228. The van der Waals surface area contributed by atoms with Gasteiger partial charge in [0.15, 0.2) is 5.82 Å². The summed E-state index contributed by atoms with van der Waals surface area (Å²) < 4.78 is 84.9. The van der Waals surface area contributed by atoms with Gasteiger partial charge in [-0.2, -0.15) is 28.4 Å². The first-order valence-corrected chi connectivity index (χ1v) is 13.7. The number of hydrogen-bond acceptors (Lipinski definition) is 9. The van der Waals surface area contributed by atoms with Gasteiger partial charge in [0.2, 0.25) is 5.88 Å². The van der Waals surface area contributed by atoms with E-state index in [-0.39, 0.29) is 29.7 Å². The van der Waals surface area contributed by atoms with E-state index in [1.165, 1.54) is 0 Å². The Morgan fingerprint density at radius 2 is 1.86 bits per heavy atom. The zero-order valence-corrected chi connectivity index (χ0v) is 23.7. The van der Waals surface area contributed by atoms with Crippen molar-refractivity contribution in [1.29, 1.82) is 5.26 Å². The van der Waals surface area contributed by atoms with Crippen LogP contribution in [-0.4, -0.2) is 47.3 Å². The number of nitrogen functional groups attached to an aromatic ring is 1. The number of anilines is 2. The molecule has 0 amide bonds. The standard InChI is InChI=1S/C26H26F5N7O2.C2H6/c1-12-3-6-34-7-8-35-22-16-21(37-24(38-22)39-11-25(10-32)4-5-25)19(28)20(36-23(16)40-12)14-9-15(33)18(27)13(2)17(14)26(29,30)31;1-2/h9,12,34H,3-8,11,33H2,1-2H3,(H,35,37,38);1-2H3. The molecule has 2 aromatic heterocycles. The van der Waals surface area contributed by atoms with E-state index >= 15 is 4.39 Å². The Labute approximate surface area is 239 Å². The van der Waals surface area contributed by atoms with Gasteiger partial charge in [-0.3, -0.25) is 0 Å². The first kappa shape index (κ1) is 31.0. The van der Waals surface area contributed by atoms with E-state index in [0.29, 0.717) is 45.0 Å². The number of alkyl halides is 3. The minimum Gasteiger partial charge on any atom is -0.474 e. The van der Waals surface area contributed by atoms with Crippen molar-refractivity contribution in [2.75, 3.05) is 37.3 Å². The van der Waals surface area contributed by atoms with Crippen molar-refractivity contribution in [3.8, 4) is 29.2 Å². The summed E-state index contributed by atoms with van der Waals surface area (Å²) in [6.07, 6.45) is -3.77. The molecule has 42 heavy (non-hydrogen) atoms. The average Bonchev–Trinajstić information content (AvgIpc) is 3.74. The minimum atomic E-state index is -5.06. The number of rotatable bonds is 4. The normalized spacial score (nSPS) is 18.0. The Bertz CT molecular complexity index is 1520. The fourth-order valence-corrected chi connectivity index (χ4v) is 4.54. The summed E-state index contributed by atoms with van der Waals surface area (Å²) >= 11 is 0. The maximum absolute atomic E-state index is 16.3. The summed E-state index contributed by atoms with van der Waals surface area (Å²) in [7, 11) is 0. The van der Waals surface area contributed by atoms with Crippen LogP contribution in [0.1, 0.15) is 51.2 Å². The van der Waals surface area contributed by atoms with Crippen molar-refractivity contribution in [3.63, 3.8) is 0 Å². The quantitative estimate of drug-likeness (QED) is 0.255. The number of benzene rings is 1. The molecule has 14 heteroatoms. The largest absolute Gasteiger partial charge is 0.474 e. The first-order chi connectivity index (χ1) is 19.9. The number of nitrogens with one attached hydrogen (secondary N) is 2. The monoisotopic (exact) mass is 593 g/mol. The van der Waals surface area contributed by atoms with Crippen LogP contribution in [0.4, 0.5) is 33.5 Å². The van der Waals surface area contributed by atoms with Crippen LogP contribution in [-0.2, 0) is 6.18 Å². The number of hydrogen-bond donors (Lipinski definition) is 3. The third-order valence-electron chi connectivity index (χ3n) is 7.00. The first-order valence-electron chi connectivity index (χ1n) is 13.7. The molecule has 9 nitrogen and oxygen atoms in total. The Morgan fingerprint density at radius 1 is 1.14 bits per heavy atom. The summed E-state index contributed by atoms with van der Waals surface area (Å²) in [6, 6.07) is 2.60. The maximum Gasteiger partial charge on any atom is 0.417 e. The molecule has 1 fully saturated rings. The molecule has 1 saturated carbocycles. The second-order valence-electron chi connectivity index (χ2n) is 10.1. The van der Waals surface area contributed by atoms with Gasteiger partial charge in [-0.15, -0.1) is 0 Å². The van der Waals surface area contributed by atoms with E-state index in [9.17, 15) is 22.8 Å². The molecule has 1 aliphatic heterocycles. The number of halogens is 5. The van der Waals surface area contributed by atoms with Gasteiger partial charge in [-0.1, -0.05) is 13.8 Å². The predicted molar refractivity (Wildman–Crippen MR) is 147 cm³/mol. The molecule has 0 saturated heterocycles. The molecule has 226 valence electrons. The van der Waals surface area contributed by atoms with Crippen LogP contribution in [0.5, 0.6) is 11.9 Å². The van der Waals surface area contributed by atoms with Crippen LogP contribution >= 0.6 is 0 Å². The van der Waals surface area contributed by atoms with Crippen LogP contribution < -0.4 is 25.8 Å². The smallest absolute Gasteiger partial charge is 0.417 e. The van der Waals surface area contributed by atoms with E-state index in [0.717, 1.165) is 6.92 Å².